The fourth-order valence-corrected chi connectivity index (χ4v) is 6.30. The lowest BCUT2D eigenvalue weighted by molar-refractivity contribution is -0.137. The maximum absolute atomic E-state index is 13.0. The number of amides is 4. The third kappa shape index (κ3) is 7.00. The lowest BCUT2D eigenvalue weighted by atomic mass is 9.86. The normalized spacial score (nSPS) is 19.9. The molecule has 8 heteroatoms. The SMILES string of the molecule is CC(C)(C)c1ccc(C[C@H](N)C(=O)N2CCC(CCC#Cc3cccc4c3CN(C3CCC(=O)NC3=O)C4=O)CC2)cc1. The van der Waals surface area contributed by atoms with Crippen LogP contribution in [-0.2, 0) is 32.8 Å². The Hall–Kier alpha value is -3.96. The summed E-state index contributed by atoms with van der Waals surface area (Å²) >= 11 is 0. The quantitative estimate of drug-likeness (QED) is 0.399. The standard InChI is InChI=1S/C35H42N4O4/c1-35(2,3)26-13-11-24(12-14-26)21-29(36)34(43)38-19-17-23(18-20-38)7-4-5-8-25-9-6-10-27-28(25)22-39(33(27)42)30-15-16-31(40)37-32(30)41/h6,9-14,23,29-30H,4,7,15-22,36H2,1-3H3,(H,37,40,41)/t29-,30?/m0/s1. The van der Waals surface area contributed by atoms with Gasteiger partial charge < -0.3 is 15.5 Å². The predicted octanol–water partition coefficient (Wildman–Crippen LogP) is 3.69. The molecule has 3 aliphatic rings. The Kier molecular flexibility index (Phi) is 9.03. The lowest BCUT2D eigenvalue weighted by Gasteiger charge is -2.33. The van der Waals surface area contributed by atoms with E-state index in [-0.39, 0.29) is 29.6 Å². The number of carbonyl (C=O) groups is 4. The highest BCUT2D eigenvalue weighted by atomic mass is 16.2. The molecule has 2 saturated heterocycles. The minimum Gasteiger partial charge on any atom is -0.341 e. The van der Waals surface area contributed by atoms with E-state index >= 15 is 0 Å². The molecule has 3 heterocycles. The number of likely N-dealkylation sites (tertiary alicyclic amines) is 1. The van der Waals surface area contributed by atoms with Crippen molar-refractivity contribution in [2.24, 2.45) is 11.7 Å². The molecule has 0 aromatic heterocycles. The van der Waals surface area contributed by atoms with Crippen molar-refractivity contribution in [1.82, 2.24) is 15.1 Å². The van der Waals surface area contributed by atoms with E-state index in [1.54, 1.807) is 11.0 Å². The van der Waals surface area contributed by atoms with Crippen LogP contribution in [0.3, 0.4) is 0 Å². The summed E-state index contributed by atoms with van der Waals surface area (Å²) in [6.07, 6.45) is 4.68. The van der Waals surface area contributed by atoms with Gasteiger partial charge in [-0.3, -0.25) is 24.5 Å². The number of nitrogens with zero attached hydrogens (tertiary/aromatic N) is 2. The van der Waals surface area contributed by atoms with E-state index in [1.807, 2.05) is 17.0 Å². The molecule has 0 radical (unpaired) electrons. The van der Waals surface area contributed by atoms with Gasteiger partial charge in [0.1, 0.15) is 6.04 Å². The molecule has 43 heavy (non-hydrogen) atoms. The van der Waals surface area contributed by atoms with Crippen molar-refractivity contribution in [1.29, 1.82) is 0 Å². The zero-order valence-corrected chi connectivity index (χ0v) is 25.4. The summed E-state index contributed by atoms with van der Waals surface area (Å²) in [4.78, 5) is 53.4. The molecule has 4 amide bonds. The second kappa shape index (κ2) is 12.7. The molecule has 3 N–H and O–H groups in total. The van der Waals surface area contributed by atoms with Crippen molar-refractivity contribution < 1.29 is 19.2 Å². The maximum Gasteiger partial charge on any atom is 0.255 e. The Bertz CT molecular complexity index is 1460. The van der Waals surface area contributed by atoms with Crippen molar-refractivity contribution in [3.63, 3.8) is 0 Å². The number of hydrogen-bond acceptors (Lipinski definition) is 5. The zero-order valence-electron chi connectivity index (χ0n) is 25.4. The smallest absolute Gasteiger partial charge is 0.255 e. The van der Waals surface area contributed by atoms with Crippen LogP contribution in [0, 0.1) is 17.8 Å². The fraction of sp³-hybridized carbons (Fsp3) is 0.486. The fourth-order valence-electron chi connectivity index (χ4n) is 6.30. The predicted molar refractivity (Wildman–Crippen MR) is 165 cm³/mol. The Labute approximate surface area is 254 Å². The van der Waals surface area contributed by atoms with Crippen LogP contribution in [0.15, 0.2) is 42.5 Å². The first-order valence-electron chi connectivity index (χ1n) is 15.4. The lowest BCUT2D eigenvalue weighted by Crippen LogP contribution is -2.52. The largest absolute Gasteiger partial charge is 0.341 e. The Balaban J connectivity index is 1.09. The van der Waals surface area contributed by atoms with Crippen molar-refractivity contribution in [2.45, 2.75) is 89.8 Å². The van der Waals surface area contributed by atoms with Gasteiger partial charge in [0, 0.05) is 43.6 Å². The van der Waals surface area contributed by atoms with Gasteiger partial charge in [0.15, 0.2) is 0 Å². The molecule has 1 unspecified atom stereocenters. The van der Waals surface area contributed by atoms with E-state index in [0.29, 0.717) is 30.9 Å². The van der Waals surface area contributed by atoms with Crippen molar-refractivity contribution in [3.8, 4) is 11.8 Å². The van der Waals surface area contributed by atoms with E-state index < -0.39 is 18.0 Å². The molecule has 2 aromatic carbocycles. The van der Waals surface area contributed by atoms with Gasteiger partial charge in [-0.25, -0.2) is 0 Å². The molecular formula is C35H42N4O4. The number of rotatable bonds is 6. The minimum atomic E-state index is -0.634. The number of imide groups is 1. The molecule has 0 spiro atoms. The molecule has 2 fully saturated rings. The second-order valence-electron chi connectivity index (χ2n) is 13.1. The van der Waals surface area contributed by atoms with Crippen LogP contribution in [0.25, 0.3) is 0 Å². The van der Waals surface area contributed by atoms with Gasteiger partial charge in [0.05, 0.1) is 6.04 Å². The molecule has 2 atom stereocenters. The van der Waals surface area contributed by atoms with Crippen LogP contribution in [0.2, 0.25) is 0 Å². The second-order valence-corrected chi connectivity index (χ2v) is 13.1. The highest BCUT2D eigenvalue weighted by molar-refractivity contribution is 6.05. The summed E-state index contributed by atoms with van der Waals surface area (Å²) in [5, 5.41) is 2.34. The van der Waals surface area contributed by atoms with Gasteiger partial charge in [-0.2, -0.15) is 0 Å². The molecule has 3 aliphatic heterocycles. The van der Waals surface area contributed by atoms with Crippen molar-refractivity contribution >= 4 is 23.6 Å². The van der Waals surface area contributed by atoms with Crippen LogP contribution < -0.4 is 11.1 Å². The van der Waals surface area contributed by atoms with Crippen LogP contribution in [0.5, 0.6) is 0 Å². The van der Waals surface area contributed by atoms with E-state index in [1.165, 1.54) is 5.56 Å². The average Bonchev–Trinajstić information content (AvgIpc) is 3.31. The summed E-state index contributed by atoms with van der Waals surface area (Å²) in [6, 6.07) is 12.8. The van der Waals surface area contributed by atoms with Crippen LogP contribution >= 0.6 is 0 Å². The highest BCUT2D eigenvalue weighted by Crippen LogP contribution is 2.30. The molecule has 0 bridgehead atoms. The van der Waals surface area contributed by atoms with Crippen LogP contribution in [-0.4, -0.2) is 58.6 Å². The average molecular weight is 583 g/mol. The van der Waals surface area contributed by atoms with Gasteiger partial charge in [-0.1, -0.05) is 62.9 Å². The number of nitrogens with one attached hydrogen (secondary N) is 1. The number of piperidine rings is 2. The molecule has 8 nitrogen and oxygen atoms in total. The Morgan fingerprint density at radius 1 is 1.05 bits per heavy atom. The van der Waals surface area contributed by atoms with E-state index in [4.69, 9.17) is 5.73 Å². The third-order valence-electron chi connectivity index (χ3n) is 9.00. The third-order valence-corrected chi connectivity index (χ3v) is 9.00. The first kappa shape index (κ1) is 30.5. The van der Waals surface area contributed by atoms with Crippen LogP contribution in [0.1, 0.15) is 91.9 Å². The van der Waals surface area contributed by atoms with Gasteiger partial charge in [-0.05, 0) is 72.3 Å². The molecule has 226 valence electrons. The summed E-state index contributed by atoms with van der Waals surface area (Å²) in [6.45, 7) is 8.32. The van der Waals surface area contributed by atoms with Gasteiger partial charge in [0.25, 0.3) is 5.91 Å². The minimum absolute atomic E-state index is 0.0250. The molecule has 2 aromatic rings. The maximum atomic E-state index is 13.0. The van der Waals surface area contributed by atoms with E-state index in [0.717, 1.165) is 55.5 Å². The molecule has 0 aliphatic carbocycles. The summed E-state index contributed by atoms with van der Waals surface area (Å²) < 4.78 is 0. The Morgan fingerprint density at radius 2 is 1.77 bits per heavy atom. The molecule has 5 rings (SSSR count). The van der Waals surface area contributed by atoms with Gasteiger partial charge in [-0.15, -0.1) is 0 Å². The topological polar surface area (TPSA) is 113 Å². The molecule has 0 saturated carbocycles. The first-order valence-corrected chi connectivity index (χ1v) is 15.4. The number of carbonyl (C=O) groups excluding carboxylic acids is 4. The van der Waals surface area contributed by atoms with E-state index in [2.05, 4.69) is 62.2 Å². The first-order chi connectivity index (χ1) is 20.5. The van der Waals surface area contributed by atoms with Gasteiger partial charge in [0.2, 0.25) is 17.7 Å². The van der Waals surface area contributed by atoms with Crippen molar-refractivity contribution in [2.75, 3.05) is 13.1 Å². The van der Waals surface area contributed by atoms with E-state index in [9.17, 15) is 19.2 Å². The van der Waals surface area contributed by atoms with Crippen molar-refractivity contribution in [3.05, 3.63) is 70.3 Å². The summed E-state index contributed by atoms with van der Waals surface area (Å²) in [7, 11) is 0. The number of fused-ring (bicyclic) bond motifs is 1. The number of benzene rings is 2. The summed E-state index contributed by atoms with van der Waals surface area (Å²) in [5.74, 6) is 6.19. The Morgan fingerprint density at radius 3 is 2.44 bits per heavy atom. The number of nitrogens with two attached hydrogens (primary N) is 1. The zero-order chi connectivity index (χ0) is 30.7. The monoisotopic (exact) mass is 582 g/mol. The highest BCUT2D eigenvalue weighted by Gasteiger charge is 2.39. The van der Waals surface area contributed by atoms with Crippen LogP contribution in [0.4, 0.5) is 0 Å². The van der Waals surface area contributed by atoms with Gasteiger partial charge >= 0.3 is 0 Å². The molecular weight excluding hydrogens is 540 g/mol. The number of hydrogen-bond donors (Lipinski definition) is 2. The summed E-state index contributed by atoms with van der Waals surface area (Å²) in [5.41, 5.74) is 11.0.